The Morgan fingerprint density at radius 1 is 1.47 bits per heavy atom. The maximum atomic E-state index is 5.91. The second-order valence-electron chi connectivity index (χ2n) is 4.12. The van der Waals surface area contributed by atoms with E-state index in [4.69, 9.17) is 4.74 Å². The van der Waals surface area contributed by atoms with Crippen molar-refractivity contribution in [3.63, 3.8) is 0 Å². The van der Waals surface area contributed by atoms with E-state index in [1.165, 1.54) is 16.4 Å². The summed E-state index contributed by atoms with van der Waals surface area (Å²) in [6.45, 7) is 2.12. The highest BCUT2D eigenvalue weighted by atomic mass is 32.1. The van der Waals surface area contributed by atoms with Crippen LogP contribution in [0.1, 0.15) is 30.1 Å². The Labute approximate surface area is 99.2 Å². The first-order valence-electron chi connectivity index (χ1n) is 5.33. The van der Waals surface area contributed by atoms with Crippen LogP contribution in [0.15, 0.2) is 18.2 Å². The largest absolute Gasteiger partial charge is 0.369 e. The van der Waals surface area contributed by atoms with Crippen molar-refractivity contribution in [1.29, 1.82) is 0 Å². The first kappa shape index (κ1) is 11.4. The van der Waals surface area contributed by atoms with Crippen LogP contribution >= 0.6 is 21.9 Å². The Morgan fingerprint density at radius 2 is 2.27 bits per heavy atom. The van der Waals surface area contributed by atoms with E-state index in [-0.39, 0.29) is 6.10 Å². The Morgan fingerprint density at radius 3 is 2.87 bits per heavy atom. The molecular weight excluding hydrogens is 223 g/mol. The maximum absolute atomic E-state index is 5.91. The van der Waals surface area contributed by atoms with Crippen molar-refractivity contribution in [3.05, 3.63) is 29.3 Å². The lowest BCUT2D eigenvalue weighted by Crippen LogP contribution is -2.09. The topological polar surface area (TPSA) is 9.23 Å². The molecule has 3 atom stereocenters. The van der Waals surface area contributed by atoms with Crippen molar-refractivity contribution in [3.8, 4) is 0 Å². The van der Waals surface area contributed by atoms with Gasteiger partial charge in [0.05, 0.1) is 12.2 Å². The predicted octanol–water partition coefficient (Wildman–Crippen LogP) is 2.65. The van der Waals surface area contributed by atoms with Crippen LogP contribution < -0.4 is 5.30 Å². The smallest absolute Gasteiger partial charge is 0.0830 e. The molecule has 0 aromatic heterocycles. The molecule has 1 aromatic rings. The molecule has 15 heavy (non-hydrogen) atoms. The van der Waals surface area contributed by atoms with Gasteiger partial charge in [-0.05, 0) is 42.3 Å². The minimum Gasteiger partial charge on any atom is -0.369 e. The van der Waals surface area contributed by atoms with Crippen molar-refractivity contribution in [2.45, 2.75) is 32.0 Å². The van der Waals surface area contributed by atoms with E-state index in [2.05, 4.69) is 47.0 Å². The van der Waals surface area contributed by atoms with Crippen LogP contribution in [0.5, 0.6) is 0 Å². The molecule has 1 fully saturated rings. The zero-order chi connectivity index (χ0) is 10.8. The number of rotatable bonds is 2. The van der Waals surface area contributed by atoms with Crippen LogP contribution in [0, 0.1) is 6.92 Å². The summed E-state index contributed by atoms with van der Waals surface area (Å²) in [5, 5.41) is 1.27. The number of hydrogen-bond acceptors (Lipinski definition) is 2. The van der Waals surface area contributed by atoms with Gasteiger partial charge in [-0.2, -0.15) is 12.6 Å². The van der Waals surface area contributed by atoms with Gasteiger partial charge in [0.25, 0.3) is 0 Å². The summed E-state index contributed by atoms with van der Waals surface area (Å²) in [7, 11) is 2.78. The molecule has 0 bridgehead atoms. The second-order valence-corrected chi connectivity index (χ2v) is 5.11. The van der Waals surface area contributed by atoms with Crippen LogP contribution in [0.4, 0.5) is 0 Å². The van der Waals surface area contributed by atoms with Crippen LogP contribution in [-0.2, 0) is 4.74 Å². The minimum absolute atomic E-state index is 0.280. The predicted molar refractivity (Wildman–Crippen MR) is 71.2 cm³/mol. The molecule has 2 unspecified atom stereocenters. The van der Waals surface area contributed by atoms with Crippen molar-refractivity contribution >= 4 is 27.2 Å². The summed E-state index contributed by atoms with van der Waals surface area (Å²) in [4.78, 5) is 0. The lowest BCUT2D eigenvalue weighted by molar-refractivity contribution is 0.0584. The third kappa shape index (κ3) is 2.55. The monoisotopic (exact) mass is 240 g/mol. The molecule has 3 heteroatoms. The quantitative estimate of drug-likeness (QED) is 0.617. The fourth-order valence-electron chi connectivity index (χ4n) is 1.94. The normalized spacial score (nSPS) is 25.8. The molecule has 0 N–H and O–H groups in total. The average Bonchev–Trinajstić information content (AvgIpc) is 2.70. The highest BCUT2D eigenvalue weighted by molar-refractivity contribution is 7.80. The third-order valence-corrected chi connectivity index (χ3v) is 4.02. The molecule has 1 nitrogen and oxygen atoms in total. The fraction of sp³-hybridized carbons (Fsp3) is 0.500. The lowest BCUT2D eigenvalue weighted by Gasteiger charge is -2.13. The second kappa shape index (κ2) is 4.86. The van der Waals surface area contributed by atoms with E-state index in [0.717, 1.165) is 18.6 Å². The highest BCUT2D eigenvalue weighted by Crippen LogP contribution is 2.32. The van der Waals surface area contributed by atoms with Crippen LogP contribution in [0.3, 0.4) is 0 Å². The molecule has 0 saturated carbocycles. The standard InChI is InChI=1S/C12H17OPS/c1-8-2-3-9(6-12(8)14)11-5-4-10(7-15)13-11/h2-3,6,10-11,15H,4-5,7,14H2,1H3/t10-,11?/m1/s1. The Balaban J connectivity index is 2.13. The van der Waals surface area contributed by atoms with Gasteiger partial charge in [0, 0.05) is 5.75 Å². The van der Waals surface area contributed by atoms with Crippen molar-refractivity contribution in [1.82, 2.24) is 0 Å². The molecule has 0 aliphatic carbocycles. The Bertz CT molecular complexity index is 353. The van der Waals surface area contributed by atoms with E-state index >= 15 is 0 Å². The van der Waals surface area contributed by atoms with E-state index in [1.807, 2.05) is 0 Å². The number of ether oxygens (including phenoxy) is 1. The number of thiol groups is 1. The van der Waals surface area contributed by atoms with Gasteiger partial charge in [-0.15, -0.1) is 9.24 Å². The van der Waals surface area contributed by atoms with Crippen LogP contribution in [0.25, 0.3) is 0 Å². The minimum atomic E-state index is 0.280. The van der Waals surface area contributed by atoms with Crippen molar-refractivity contribution in [2.75, 3.05) is 5.75 Å². The van der Waals surface area contributed by atoms with Gasteiger partial charge >= 0.3 is 0 Å². The molecular formula is C12H17OPS. The summed E-state index contributed by atoms with van der Waals surface area (Å²) in [5.41, 5.74) is 2.61. The Hall–Kier alpha value is -0.0400. The fourth-order valence-corrected chi connectivity index (χ4v) is 2.50. The average molecular weight is 240 g/mol. The number of hydrogen-bond donors (Lipinski definition) is 1. The van der Waals surface area contributed by atoms with E-state index in [9.17, 15) is 0 Å². The molecule has 0 spiro atoms. The number of aryl methyl sites for hydroxylation is 1. The summed E-state index contributed by atoms with van der Waals surface area (Å²) in [6, 6.07) is 6.55. The van der Waals surface area contributed by atoms with Gasteiger partial charge in [0.2, 0.25) is 0 Å². The SMILES string of the molecule is Cc1ccc(C2CC[C@H](CS)O2)cc1P. The molecule has 1 aliphatic heterocycles. The zero-order valence-electron chi connectivity index (χ0n) is 8.94. The molecule has 2 rings (SSSR count). The van der Waals surface area contributed by atoms with E-state index in [1.54, 1.807) is 0 Å². The van der Waals surface area contributed by atoms with Gasteiger partial charge < -0.3 is 4.74 Å². The van der Waals surface area contributed by atoms with Crippen LogP contribution in [0.2, 0.25) is 0 Å². The van der Waals surface area contributed by atoms with Gasteiger partial charge in [-0.3, -0.25) is 0 Å². The summed E-state index contributed by atoms with van der Waals surface area (Å²) in [6.07, 6.45) is 2.88. The third-order valence-electron chi connectivity index (χ3n) is 2.99. The van der Waals surface area contributed by atoms with Gasteiger partial charge in [-0.25, -0.2) is 0 Å². The maximum Gasteiger partial charge on any atom is 0.0830 e. The lowest BCUT2D eigenvalue weighted by atomic mass is 10.0. The van der Waals surface area contributed by atoms with Gasteiger partial charge in [0.15, 0.2) is 0 Å². The molecule has 1 aromatic carbocycles. The Kier molecular flexibility index (Phi) is 3.71. The molecule has 1 aliphatic rings. The molecule has 1 heterocycles. The first-order chi connectivity index (χ1) is 7.20. The first-order valence-corrected chi connectivity index (χ1v) is 6.54. The van der Waals surface area contributed by atoms with Crippen LogP contribution in [-0.4, -0.2) is 11.9 Å². The summed E-state index contributed by atoms with van der Waals surface area (Å²) < 4.78 is 5.91. The van der Waals surface area contributed by atoms with Crippen molar-refractivity contribution in [2.24, 2.45) is 0 Å². The van der Waals surface area contributed by atoms with E-state index in [0.29, 0.717) is 6.10 Å². The van der Waals surface area contributed by atoms with Gasteiger partial charge in [0.1, 0.15) is 0 Å². The highest BCUT2D eigenvalue weighted by Gasteiger charge is 2.25. The zero-order valence-corrected chi connectivity index (χ0v) is 11.0. The summed E-state index contributed by atoms with van der Waals surface area (Å²) in [5.74, 6) is 0.829. The van der Waals surface area contributed by atoms with E-state index < -0.39 is 0 Å². The van der Waals surface area contributed by atoms with Crippen molar-refractivity contribution < 1.29 is 4.74 Å². The molecule has 0 radical (unpaired) electrons. The van der Waals surface area contributed by atoms with Gasteiger partial charge in [-0.1, -0.05) is 12.1 Å². The molecule has 82 valence electrons. The molecule has 0 amide bonds. The molecule has 1 saturated heterocycles. The number of benzene rings is 1. The summed E-state index contributed by atoms with van der Waals surface area (Å²) >= 11 is 4.28.